The second-order valence-electron chi connectivity index (χ2n) is 3.95. The van der Waals surface area contributed by atoms with E-state index in [0.29, 0.717) is 6.54 Å². The number of nitrogens with one attached hydrogen (secondary N) is 1. The first-order valence-corrected chi connectivity index (χ1v) is 6.79. The molecule has 0 saturated heterocycles. The number of carbonyl (C=O) groups excluding carboxylic acids is 1. The summed E-state index contributed by atoms with van der Waals surface area (Å²) in [4.78, 5) is 12.5. The molecule has 2 aromatic rings. The van der Waals surface area contributed by atoms with Crippen LogP contribution in [0.15, 0.2) is 35.4 Å². The average molecular weight is 277 g/mol. The molecule has 0 aliphatic rings. The lowest BCUT2D eigenvalue weighted by Gasteiger charge is -2.04. The molecule has 0 aliphatic carbocycles. The Hall–Kier alpha value is -1.86. The predicted octanol–water partition coefficient (Wildman–Crippen LogP) is 0.982. The summed E-state index contributed by atoms with van der Waals surface area (Å²) < 4.78 is 1.63. The summed E-state index contributed by atoms with van der Waals surface area (Å²) >= 11 is 1.75. The van der Waals surface area contributed by atoms with E-state index in [1.165, 1.54) is 10.5 Å². The summed E-state index contributed by atoms with van der Waals surface area (Å²) in [6.07, 6.45) is 1.58. The number of aryl methyl sites for hydroxylation is 2. The standard InChI is InChI=1S/C12H15N5OS/c1-9-4-2-3-5-11(9)19-7-6-17-8-10(15-16-17)12(18)14-13/h2-5,8H,6-7,13H2,1H3,(H,14,18). The van der Waals surface area contributed by atoms with Crippen molar-refractivity contribution in [2.24, 2.45) is 5.84 Å². The summed E-state index contributed by atoms with van der Waals surface area (Å²) in [6, 6.07) is 8.22. The van der Waals surface area contributed by atoms with Crippen LogP contribution in [0.2, 0.25) is 0 Å². The molecule has 0 atom stereocenters. The van der Waals surface area contributed by atoms with E-state index in [-0.39, 0.29) is 5.69 Å². The van der Waals surface area contributed by atoms with E-state index >= 15 is 0 Å². The lowest BCUT2D eigenvalue weighted by Crippen LogP contribution is -2.30. The Morgan fingerprint density at radius 3 is 3.00 bits per heavy atom. The molecule has 0 spiro atoms. The summed E-state index contributed by atoms with van der Waals surface area (Å²) in [6.45, 7) is 2.77. The van der Waals surface area contributed by atoms with Crippen LogP contribution in [-0.4, -0.2) is 26.7 Å². The van der Waals surface area contributed by atoms with Crippen LogP contribution in [0, 0.1) is 6.92 Å². The summed E-state index contributed by atoms with van der Waals surface area (Å²) in [7, 11) is 0. The molecule has 3 N–H and O–H groups in total. The molecule has 0 fully saturated rings. The zero-order valence-corrected chi connectivity index (χ0v) is 11.4. The maximum Gasteiger partial charge on any atom is 0.287 e. The number of thioether (sulfide) groups is 1. The van der Waals surface area contributed by atoms with Crippen molar-refractivity contribution < 1.29 is 4.79 Å². The van der Waals surface area contributed by atoms with Gasteiger partial charge in [-0.05, 0) is 18.6 Å². The van der Waals surface area contributed by atoms with Crippen molar-refractivity contribution in [3.63, 3.8) is 0 Å². The molecule has 0 saturated carbocycles. The molecule has 0 bridgehead atoms. The highest BCUT2D eigenvalue weighted by atomic mass is 32.2. The Balaban J connectivity index is 1.88. The van der Waals surface area contributed by atoms with Crippen LogP contribution >= 0.6 is 11.8 Å². The minimum Gasteiger partial charge on any atom is -0.289 e. The van der Waals surface area contributed by atoms with E-state index in [9.17, 15) is 4.79 Å². The Kier molecular flexibility index (Phi) is 4.53. The number of nitrogens with two attached hydrogens (primary N) is 1. The van der Waals surface area contributed by atoms with Gasteiger partial charge in [0.15, 0.2) is 5.69 Å². The molecule has 0 radical (unpaired) electrons. The fourth-order valence-electron chi connectivity index (χ4n) is 1.55. The number of hydrogen-bond donors (Lipinski definition) is 2. The SMILES string of the molecule is Cc1ccccc1SCCn1cc(C(=O)NN)nn1. The lowest BCUT2D eigenvalue weighted by molar-refractivity contribution is 0.0948. The first-order chi connectivity index (χ1) is 9.20. The van der Waals surface area contributed by atoms with Crippen molar-refractivity contribution in [3.05, 3.63) is 41.7 Å². The van der Waals surface area contributed by atoms with Crippen LogP contribution in [0.1, 0.15) is 16.1 Å². The van der Waals surface area contributed by atoms with Gasteiger partial charge in [-0.2, -0.15) is 0 Å². The van der Waals surface area contributed by atoms with Crippen molar-refractivity contribution in [1.82, 2.24) is 20.4 Å². The highest BCUT2D eigenvalue weighted by Gasteiger charge is 2.08. The molecule has 1 heterocycles. The molecule has 1 aromatic heterocycles. The Morgan fingerprint density at radius 2 is 2.26 bits per heavy atom. The highest BCUT2D eigenvalue weighted by Crippen LogP contribution is 2.21. The van der Waals surface area contributed by atoms with Gasteiger partial charge in [-0.15, -0.1) is 16.9 Å². The van der Waals surface area contributed by atoms with E-state index in [1.807, 2.05) is 17.6 Å². The van der Waals surface area contributed by atoms with Gasteiger partial charge in [0.2, 0.25) is 0 Å². The van der Waals surface area contributed by atoms with Gasteiger partial charge >= 0.3 is 0 Å². The fourth-order valence-corrected chi connectivity index (χ4v) is 2.52. The third kappa shape index (κ3) is 3.55. The number of hydrazine groups is 1. The fraction of sp³-hybridized carbons (Fsp3) is 0.250. The molecule has 7 heteroatoms. The topological polar surface area (TPSA) is 85.8 Å². The van der Waals surface area contributed by atoms with Gasteiger partial charge in [0.25, 0.3) is 5.91 Å². The van der Waals surface area contributed by atoms with E-state index in [0.717, 1.165) is 5.75 Å². The molecular formula is C12H15N5OS. The Morgan fingerprint density at radius 1 is 1.47 bits per heavy atom. The monoisotopic (exact) mass is 277 g/mol. The zero-order valence-electron chi connectivity index (χ0n) is 10.5. The molecule has 6 nitrogen and oxygen atoms in total. The predicted molar refractivity (Wildman–Crippen MR) is 73.6 cm³/mol. The Labute approximate surface area is 115 Å². The van der Waals surface area contributed by atoms with Crippen LogP contribution in [-0.2, 0) is 6.54 Å². The van der Waals surface area contributed by atoms with E-state index in [2.05, 4.69) is 29.4 Å². The smallest absolute Gasteiger partial charge is 0.287 e. The third-order valence-corrected chi connectivity index (χ3v) is 3.73. The van der Waals surface area contributed by atoms with Crippen molar-refractivity contribution in [3.8, 4) is 0 Å². The molecule has 100 valence electrons. The van der Waals surface area contributed by atoms with Crippen LogP contribution in [0.5, 0.6) is 0 Å². The van der Waals surface area contributed by atoms with Gasteiger partial charge in [-0.25, -0.2) is 5.84 Å². The number of amides is 1. The largest absolute Gasteiger partial charge is 0.289 e. The van der Waals surface area contributed by atoms with Gasteiger partial charge in [-0.1, -0.05) is 23.4 Å². The maximum absolute atomic E-state index is 11.2. The highest BCUT2D eigenvalue weighted by molar-refractivity contribution is 7.99. The number of nitrogens with zero attached hydrogens (tertiary/aromatic N) is 3. The second kappa shape index (κ2) is 6.35. The Bertz CT molecular complexity index is 569. The van der Waals surface area contributed by atoms with E-state index < -0.39 is 5.91 Å². The van der Waals surface area contributed by atoms with Crippen LogP contribution in [0.25, 0.3) is 0 Å². The first kappa shape index (κ1) is 13.6. The molecule has 19 heavy (non-hydrogen) atoms. The van der Waals surface area contributed by atoms with E-state index in [1.54, 1.807) is 22.6 Å². The summed E-state index contributed by atoms with van der Waals surface area (Å²) in [5.41, 5.74) is 3.51. The van der Waals surface area contributed by atoms with Crippen LogP contribution < -0.4 is 11.3 Å². The summed E-state index contributed by atoms with van der Waals surface area (Å²) in [5.74, 6) is 5.45. The molecule has 0 aliphatic heterocycles. The van der Waals surface area contributed by atoms with Gasteiger partial charge in [-0.3, -0.25) is 14.9 Å². The zero-order chi connectivity index (χ0) is 13.7. The molecule has 1 aromatic carbocycles. The third-order valence-electron chi connectivity index (χ3n) is 2.57. The quantitative estimate of drug-likeness (QED) is 0.368. The number of hydrogen-bond acceptors (Lipinski definition) is 5. The minimum absolute atomic E-state index is 0.225. The maximum atomic E-state index is 11.2. The average Bonchev–Trinajstić information content (AvgIpc) is 2.89. The van der Waals surface area contributed by atoms with Gasteiger partial charge in [0.1, 0.15) is 0 Å². The number of rotatable bonds is 5. The normalized spacial score (nSPS) is 10.4. The van der Waals surface area contributed by atoms with Gasteiger partial charge < -0.3 is 0 Å². The lowest BCUT2D eigenvalue weighted by atomic mass is 10.2. The van der Waals surface area contributed by atoms with Crippen molar-refractivity contribution >= 4 is 17.7 Å². The molecule has 0 unspecified atom stereocenters. The minimum atomic E-state index is -0.433. The van der Waals surface area contributed by atoms with Gasteiger partial charge in [0, 0.05) is 10.6 Å². The number of aromatic nitrogens is 3. The first-order valence-electron chi connectivity index (χ1n) is 5.80. The summed E-state index contributed by atoms with van der Waals surface area (Å²) in [5, 5.41) is 7.62. The molecular weight excluding hydrogens is 262 g/mol. The van der Waals surface area contributed by atoms with E-state index in [4.69, 9.17) is 5.84 Å². The second-order valence-corrected chi connectivity index (χ2v) is 5.09. The molecule has 2 rings (SSSR count). The van der Waals surface area contributed by atoms with Crippen LogP contribution in [0.4, 0.5) is 0 Å². The van der Waals surface area contributed by atoms with Crippen molar-refractivity contribution in [2.45, 2.75) is 18.4 Å². The van der Waals surface area contributed by atoms with Crippen molar-refractivity contribution in [2.75, 3.05) is 5.75 Å². The molecule has 1 amide bonds. The van der Waals surface area contributed by atoms with Crippen molar-refractivity contribution in [1.29, 1.82) is 0 Å². The van der Waals surface area contributed by atoms with Gasteiger partial charge in [0.05, 0.1) is 12.7 Å². The van der Waals surface area contributed by atoms with Crippen LogP contribution in [0.3, 0.4) is 0 Å². The number of nitrogen functional groups attached to an aromatic ring is 1. The number of carbonyl (C=O) groups is 1. The number of benzene rings is 1.